The van der Waals surface area contributed by atoms with E-state index in [9.17, 15) is 13.6 Å². The van der Waals surface area contributed by atoms with E-state index in [1.54, 1.807) is 37.3 Å². The third-order valence-electron chi connectivity index (χ3n) is 3.61. The molecule has 0 radical (unpaired) electrons. The first-order chi connectivity index (χ1) is 13.5. The highest BCUT2D eigenvalue weighted by atomic mass is 19.1. The second kappa shape index (κ2) is 10.9. The van der Waals surface area contributed by atoms with E-state index in [0.717, 1.165) is 23.8 Å². The zero-order valence-electron chi connectivity index (χ0n) is 15.3. The summed E-state index contributed by atoms with van der Waals surface area (Å²) in [7, 11) is 0. The summed E-state index contributed by atoms with van der Waals surface area (Å²) in [5.74, 6) is 3.61. The lowest BCUT2D eigenvalue weighted by Gasteiger charge is -2.12. The van der Waals surface area contributed by atoms with Crippen molar-refractivity contribution in [1.29, 1.82) is 0 Å². The number of ether oxygens (including phenoxy) is 2. The third-order valence-corrected chi connectivity index (χ3v) is 3.61. The Morgan fingerprint density at radius 2 is 1.86 bits per heavy atom. The zero-order chi connectivity index (χ0) is 20.4. The minimum atomic E-state index is -0.991. The summed E-state index contributed by atoms with van der Waals surface area (Å²) in [5.41, 5.74) is 1.09. The van der Waals surface area contributed by atoms with Gasteiger partial charge in [0.05, 0.1) is 0 Å². The first-order valence-electron chi connectivity index (χ1n) is 8.66. The number of benzene rings is 2. The molecule has 0 aromatic heterocycles. The average molecular weight is 386 g/mol. The molecule has 0 saturated heterocycles. The molecule has 28 heavy (non-hydrogen) atoms. The Morgan fingerprint density at radius 1 is 1.18 bits per heavy atom. The van der Waals surface area contributed by atoms with Crippen molar-refractivity contribution in [3.05, 3.63) is 77.4 Å². The van der Waals surface area contributed by atoms with Crippen LogP contribution in [-0.4, -0.2) is 30.4 Å². The lowest BCUT2D eigenvalue weighted by Crippen LogP contribution is -2.26. The van der Waals surface area contributed by atoms with Crippen molar-refractivity contribution in [2.75, 3.05) is 13.2 Å². The van der Waals surface area contributed by atoms with Gasteiger partial charge in [0.1, 0.15) is 24.0 Å². The fourth-order valence-electron chi connectivity index (χ4n) is 2.36. The van der Waals surface area contributed by atoms with E-state index in [4.69, 9.17) is 14.6 Å². The Balaban J connectivity index is 1.82. The van der Waals surface area contributed by atoms with Crippen LogP contribution in [-0.2, 0) is 16.0 Å². The molecule has 0 aliphatic heterocycles. The van der Waals surface area contributed by atoms with Gasteiger partial charge in [-0.15, -0.1) is 0 Å². The molecule has 1 N–H and O–H groups in total. The van der Waals surface area contributed by atoms with Gasteiger partial charge in [-0.05, 0) is 48.9 Å². The number of allylic oxidation sites excluding steroid dienone is 1. The molecule has 146 valence electrons. The number of rotatable bonds is 8. The number of halogens is 2. The van der Waals surface area contributed by atoms with Gasteiger partial charge < -0.3 is 14.6 Å². The molecule has 0 amide bonds. The second-order valence-corrected chi connectivity index (χ2v) is 5.77. The van der Waals surface area contributed by atoms with Crippen LogP contribution in [0.2, 0.25) is 0 Å². The van der Waals surface area contributed by atoms with Crippen molar-refractivity contribution < 1.29 is 28.2 Å². The van der Waals surface area contributed by atoms with Crippen molar-refractivity contribution >= 4 is 5.97 Å². The van der Waals surface area contributed by atoms with Gasteiger partial charge in [-0.1, -0.05) is 24.0 Å². The minimum absolute atomic E-state index is 0.255. The van der Waals surface area contributed by atoms with Crippen LogP contribution in [0.1, 0.15) is 18.1 Å². The van der Waals surface area contributed by atoms with Gasteiger partial charge in [-0.2, -0.15) is 0 Å². The lowest BCUT2D eigenvalue weighted by atomic mass is 10.1. The molecule has 0 saturated carbocycles. The topological polar surface area (TPSA) is 55.8 Å². The maximum absolute atomic E-state index is 13.0. The highest BCUT2D eigenvalue weighted by molar-refractivity contribution is 5.72. The third kappa shape index (κ3) is 7.22. The maximum atomic E-state index is 13.0. The maximum Gasteiger partial charge on any atom is 0.333 e. The molecule has 0 bridgehead atoms. The molecular formula is C22H20F2O4. The Kier molecular flexibility index (Phi) is 8.19. The van der Waals surface area contributed by atoms with Crippen molar-refractivity contribution in [2.24, 2.45) is 0 Å². The average Bonchev–Trinajstić information content (AvgIpc) is 2.64. The predicted octanol–water partition coefficient (Wildman–Crippen LogP) is 3.98. The first-order valence-corrected chi connectivity index (χ1v) is 8.66. The fraction of sp³-hybridized carbons (Fsp3) is 0.227. The van der Waals surface area contributed by atoms with Gasteiger partial charge >= 0.3 is 5.97 Å². The van der Waals surface area contributed by atoms with Crippen LogP contribution in [0.25, 0.3) is 0 Å². The number of carboxylic acids is 1. The normalized spacial score (nSPS) is 11.7. The van der Waals surface area contributed by atoms with Crippen molar-refractivity contribution in [1.82, 2.24) is 0 Å². The second-order valence-electron chi connectivity index (χ2n) is 5.77. The fourth-order valence-corrected chi connectivity index (χ4v) is 2.36. The van der Waals surface area contributed by atoms with Crippen molar-refractivity contribution in [2.45, 2.75) is 19.4 Å². The number of carboxylic acid groups (broad SMARTS) is 1. The van der Waals surface area contributed by atoms with Crippen LogP contribution >= 0.6 is 0 Å². The number of carbonyl (C=O) groups is 1. The Hall–Kier alpha value is -3.17. The smallest absolute Gasteiger partial charge is 0.333 e. The van der Waals surface area contributed by atoms with Gasteiger partial charge in [0.2, 0.25) is 0 Å². The van der Waals surface area contributed by atoms with Gasteiger partial charge in [0.25, 0.3) is 0 Å². The summed E-state index contributed by atoms with van der Waals surface area (Å²) in [6.07, 6.45) is 2.62. The van der Waals surface area contributed by atoms with Gasteiger partial charge in [0.15, 0.2) is 6.10 Å². The number of aliphatic carboxylic acids is 1. The quantitative estimate of drug-likeness (QED) is 0.697. The molecule has 6 heteroatoms. The minimum Gasteiger partial charge on any atom is -0.490 e. The standard InChI is InChI=1S/C22H20F2O4/c1-2-27-21(22(25)26)14-16-7-9-20(10-8-16)28-11-5-3-4-6-17-12-18(23)15-19(24)13-17/h3,5,7-10,12-13,15,21H,2,11,14H2,1H3,(H,25,26)/b5-3-/t21-/m0/s1. The van der Waals surface area contributed by atoms with Crippen LogP contribution in [0.15, 0.2) is 54.6 Å². The van der Waals surface area contributed by atoms with Crippen LogP contribution in [0.4, 0.5) is 8.78 Å². The lowest BCUT2D eigenvalue weighted by molar-refractivity contribution is -0.149. The van der Waals surface area contributed by atoms with Crippen LogP contribution in [0.3, 0.4) is 0 Å². The molecule has 0 fully saturated rings. The first kappa shape index (κ1) is 21.1. The summed E-state index contributed by atoms with van der Waals surface area (Å²) in [5, 5.41) is 9.10. The molecule has 2 aromatic rings. The van der Waals surface area contributed by atoms with E-state index in [1.165, 1.54) is 6.08 Å². The Morgan fingerprint density at radius 3 is 2.46 bits per heavy atom. The van der Waals surface area contributed by atoms with Crippen LogP contribution < -0.4 is 4.74 Å². The molecule has 2 rings (SSSR count). The van der Waals surface area contributed by atoms with Gasteiger partial charge in [0, 0.05) is 24.7 Å². The van der Waals surface area contributed by atoms with Gasteiger partial charge in [-0.25, -0.2) is 13.6 Å². The van der Waals surface area contributed by atoms with E-state index < -0.39 is 23.7 Å². The molecule has 0 heterocycles. The number of hydrogen-bond acceptors (Lipinski definition) is 3. The predicted molar refractivity (Wildman–Crippen MR) is 101 cm³/mol. The van der Waals surface area contributed by atoms with E-state index >= 15 is 0 Å². The Labute approximate surface area is 162 Å². The van der Waals surface area contributed by atoms with Crippen LogP contribution in [0, 0.1) is 23.5 Å². The van der Waals surface area contributed by atoms with Crippen molar-refractivity contribution in [3.63, 3.8) is 0 Å². The molecule has 2 aromatic carbocycles. The van der Waals surface area contributed by atoms with Crippen molar-refractivity contribution in [3.8, 4) is 17.6 Å². The molecule has 1 atom stereocenters. The monoisotopic (exact) mass is 386 g/mol. The van der Waals surface area contributed by atoms with E-state index in [-0.39, 0.29) is 18.6 Å². The summed E-state index contributed by atoms with van der Waals surface area (Å²) < 4.78 is 36.8. The van der Waals surface area contributed by atoms with Gasteiger partial charge in [-0.3, -0.25) is 0 Å². The van der Waals surface area contributed by atoms with Crippen LogP contribution in [0.5, 0.6) is 5.75 Å². The van der Waals surface area contributed by atoms with E-state index in [2.05, 4.69) is 11.8 Å². The Bertz CT molecular complexity index is 859. The van der Waals surface area contributed by atoms with E-state index in [0.29, 0.717) is 12.4 Å². The molecule has 0 aliphatic rings. The number of hydrogen-bond donors (Lipinski definition) is 1. The molecular weight excluding hydrogens is 366 g/mol. The molecule has 0 unspecified atom stereocenters. The summed E-state index contributed by atoms with van der Waals surface area (Å²) in [6.45, 7) is 2.35. The SMILES string of the molecule is CCO[C@@H](Cc1ccc(OC/C=C\C#Cc2cc(F)cc(F)c2)cc1)C(=O)O. The summed E-state index contributed by atoms with van der Waals surface area (Å²) in [4.78, 5) is 11.1. The summed E-state index contributed by atoms with van der Waals surface area (Å²) >= 11 is 0. The molecule has 4 nitrogen and oxygen atoms in total. The molecule has 0 aliphatic carbocycles. The summed E-state index contributed by atoms with van der Waals surface area (Å²) in [6, 6.07) is 10.2. The molecule has 0 spiro atoms. The highest BCUT2D eigenvalue weighted by Crippen LogP contribution is 2.14. The van der Waals surface area contributed by atoms with E-state index in [1.807, 2.05) is 0 Å². The largest absolute Gasteiger partial charge is 0.490 e. The highest BCUT2D eigenvalue weighted by Gasteiger charge is 2.17. The zero-order valence-corrected chi connectivity index (χ0v) is 15.3.